The highest BCUT2D eigenvalue weighted by Crippen LogP contribution is 2.39. The van der Waals surface area contributed by atoms with Crippen LogP contribution >= 0.6 is 0 Å². The minimum absolute atomic E-state index is 0.785. The van der Waals surface area contributed by atoms with Gasteiger partial charge in [0.05, 0.1) is 0 Å². The SMILES string of the molecule is C=CC(=C)CC(=C)C=C.CC.CC.CC.CN1Cc2ccccc2-c2n[nH]nc2-c2ccccc21.c1ccc2c(c1)CCc1ccccc1-2. The van der Waals surface area contributed by atoms with Crippen LogP contribution < -0.4 is 4.90 Å². The summed E-state index contributed by atoms with van der Waals surface area (Å²) in [5.41, 5.74) is 14.4. The van der Waals surface area contributed by atoms with Gasteiger partial charge in [0.25, 0.3) is 0 Å². The summed E-state index contributed by atoms with van der Waals surface area (Å²) < 4.78 is 0. The van der Waals surface area contributed by atoms with E-state index in [1.54, 1.807) is 12.2 Å². The van der Waals surface area contributed by atoms with E-state index in [0.717, 1.165) is 46.6 Å². The fraction of sp³-hybridized carbons (Fsp3) is 0.244. The maximum atomic E-state index is 4.37. The second-order valence-corrected chi connectivity index (χ2v) is 10.8. The van der Waals surface area contributed by atoms with E-state index in [2.05, 4.69) is 139 Å². The van der Waals surface area contributed by atoms with Gasteiger partial charge >= 0.3 is 0 Å². The van der Waals surface area contributed by atoms with E-state index in [9.17, 15) is 0 Å². The van der Waals surface area contributed by atoms with Gasteiger partial charge in [-0.15, -0.1) is 0 Å². The number of fused-ring (bicyclic) bond motifs is 8. The van der Waals surface area contributed by atoms with E-state index in [0.29, 0.717) is 0 Å². The normalized spacial score (nSPS) is 10.9. The van der Waals surface area contributed by atoms with Crippen molar-refractivity contribution in [3.05, 3.63) is 163 Å². The number of nitrogens with zero attached hydrogens (tertiary/aromatic N) is 3. The van der Waals surface area contributed by atoms with Crippen LogP contribution in [0.5, 0.6) is 0 Å². The van der Waals surface area contributed by atoms with Gasteiger partial charge in [0.1, 0.15) is 11.4 Å². The Bertz CT molecular complexity index is 1710. The van der Waals surface area contributed by atoms with Crippen LogP contribution in [0.15, 0.2) is 147 Å². The minimum Gasteiger partial charge on any atom is -0.370 e. The third-order valence-electron chi connectivity index (χ3n) is 7.82. The van der Waals surface area contributed by atoms with Gasteiger partial charge in [-0.25, -0.2) is 0 Å². The van der Waals surface area contributed by atoms with Gasteiger partial charge in [-0.2, -0.15) is 15.4 Å². The van der Waals surface area contributed by atoms with Crippen LogP contribution in [0, 0.1) is 0 Å². The molecule has 0 spiro atoms. The largest absolute Gasteiger partial charge is 0.370 e. The molecule has 1 aliphatic carbocycles. The van der Waals surface area contributed by atoms with Crippen LogP contribution in [0.25, 0.3) is 33.6 Å². The molecule has 7 rings (SSSR count). The van der Waals surface area contributed by atoms with Gasteiger partial charge in [-0.3, -0.25) is 0 Å². The zero-order chi connectivity index (χ0) is 36.2. The molecule has 0 atom stereocenters. The highest BCUT2D eigenvalue weighted by atomic mass is 15.3. The first kappa shape index (κ1) is 40.0. The molecule has 256 valence electrons. The van der Waals surface area contributed by atoms with Crippen LogP contribution in [0.3, 0.4) is 0 Å². The van der Waals surface area contributed by atoms with E-state index in [1.165, 1.54) is 46.3 Å². The predicted octanol–water partition coefficient (Wildman–Crippen LogP) is 12.5. The molecule has 1 aromatic heterocycles. The molecule has 0 radical (unpaired) electrons. The molecule has 1 aliphatic heterocycles. The standard InChI is InChI=1S/C16H14N4.C14H12.C9H12.3C2H6/c1-20-10-11-6-2-3-7-12(11)15-16(18-19-17-15)13-8-4-5-9-14(13)20;1-3-7-13-11(5-1)9-10-12-6-2-4-8-14(12)13;1-5-8(3)7-9(4)6-2;3*1-2/h2-9H,10H2,1H3,(H,17,18,19);1-8H,9-10H2;5-6H,1-4,7H2;3*1-2H3. The second kappa shape index (κ2) is 21.6. The first-order chi connectivity index (χ1) is 24.0. The van der Waals surface area contributed by atoms with Crippen molar-refractivity contribution >= 4 is 5.69 Å². The second-order valence-electron chi connectivity index (χ2n) is 10.8. The topological polar surface area (TPSA) is 44.8 Å². The van der Waals surface area contributed by atoms with Crippen molar-refractivity contribution in [3.8, 4) is 33.6 Å². The number of anilines is 1. The summed E-state index contributed by atoms with van der Waals surface area (Å²) >= 11 is 0. The van der Waals surface area contributed by atoms with Gasteiger partial charge < -0.3 is 4.90 Å². The summed E-state index contributed by atoms with van der Waals surface area (Å²) in [7, 11) is 2.11. The Morgan fingerprint density at radius 2 is 0.980 bits per heavy atom. The molecule has 1 N–H and O–H groups in total. The van der Waals surface area contributed by atoms with Crippen LogP contribution in [-0.4, -0.2) is 22.5 Å². The number of hydrogen-bond donors (Lipinski definition) is 1. The van der Waals surface area contributed by atoms with Crippen LogP contribution in [0.4, 0.5) is 5.69 Å². The number of benzene rings is 4. The molecule has 0 fully saturated rings. The third kappa shape index (κ3) is 10.6. The summed E-state index contributed by atoms with van der Waals surface area (Å²) in [4.78, 5) is 2.26. The fourth-order valence-electron chi connectivity index (χ4n) is 5.55. The Labute approximate surface area is 296 Å². The Kier molecular flexibility index (Phi) is 17.6. The molecule has 0 saturated carbocycles. The number of nitrogens with one attached hydrogen (secondary N) is 1. The quantitative estimate of drug-likeness (QED) is 0.197. The van der Waals surface area contributed by atoms with E-state index >= 15 is 0 Å². The van der Waals surface area contributed by atoms with Crippen molar-refractivity contribution in [2.24, 2.45) is 0 Å². The molecule has 0 bridgehead atoms. The smallest absolute Gasteiger partial charge is 0.122 e. The lowest BCUT2D eigenvalue weighted by atomic mass is 9.86. The third-order valence-corrected chi connectivity index (χ3v) is 7.82. The monoisotopic (exact) mass is 652 g/mol. The molecule has 0 unspecified atom stereocenters. The van der Waals surface area contributed by atoms with Crippen molar-refractivity contribution in [1.29, 1.82) is 0 Å². The van der Waals surface area contributed by atoms with Gasteiger partial charge in [-0.05, 0) is 53.1 Å². The number of H-pyrrole nitrogens is 1. The number of aromatic nitrogens is 3. The van der Waals surface area contributed by atoms with Gasteiger partial charge in [0, 0.05) is 30.4 Å². The number of aryl methyl sites for hydroxylation is 2. The maximum absolute atomic E-state index is 4.37. The fourth-order valence-corrected chi connectivity index (χ4v) is 5.55. The first-order valence-electron chi connectivity index (χ1n) is 17.6. The number of hydrogen-bond acceptors (Lipinski definition) is 3. The van der Waals surface area contributed by atoms with Gasteiger partial charge in [0.15, 0.2) is 0 Å². The summed E-state index contributed by atoms with van der Waals surface area (Å²) in [6.07, 6.45) is 6.62. The van der Waals surface area contributed by atoms with E-state index in [-0.39, 0.29) is 0 Å². The summed E-state index contributed by atoms with van der Waals surface area (Å²) in [6, 6.07) is 34.2. The van der Waals surface area contributed by atoms with Crippen LogP contribution in [0.1, 0.15) is 64.7 Å². The van der Waals surface area contributed by atoms with Crippen LogP contribution in [0.2, 0.25) is 0 Å². The molecule has 4 nitrogen and oxygen atoms in total. The lowest BCUT2D eigenvalue weighted by Gasteiger charge is -2.25. The van der Waals surface area contributed by atoms with E-state index < -0.39 is 0 Å². The predicted molar refractivity (Wildman–Crippen MR) is 216 cm³/mol. The molecule has 4 aromatic carbocycles. The highest BCUT2D eigenvalue weighted by molar-refractivity contribution is 5.87. The minimum atomic E-state index is 0.785. The van der Waals surface area contributed by atoms with E-state index in [4.69, 9.17) is 0 Å². The lowest BCUT2D eigenvalue weighted by molar-refractivity contribution is 0.922. The zero-order valence-electron chi connectivity index (χ0n) is 30.9. The van der Waals surface area contributed by atoms with Gasteiger partial charge in [-0.1, -0.05) is 182 Å². The number of allylic oxidation sites excluding steroid dienone is 4. The van der Waals surface area contributed by atoms with E-state index in [1.807, 2.05) is 53.7 Å². The van der Waals surface area contributed by atoms with Gasteiger partial charge in [0.2, 0.25) is 0 Å². The molecule has 49 heavy (non-hydrogen) atoms. The maximum Gasteiger partial charge on any atom is 0.122 e. The average Bonchev–Trinajstić information content (AvgIpc) is 3.67. The molecule has 4 heteroatoms. The Morgan fingerprint density at radius 1 is 0.592 bits per heavy atom. The number of para-hydroxylation sites is 1. The molecular formula is C45H56N4. The summed E-state index contributed by atoms with van der Waals surface area (Å²) in [5, 5.41) is 11.5. The highest BCUT2D eigenvalue weighted by Gasteiger charge is 2.22. The lowest BCUT2D eigenvalue weighted by Crippen LogP contribution is -2.19. The first-order valence-corrected chi connectivity index (χ1v) is 17.6. The Hall–Kier alpha value is -5.22. The Balaban J connectivity index is 0.000000252. The van der Waals surface area contributed by atoms with Crippen molar-refractivity contribution in [3.63, 3.8) is 0 Å². The zero-order valence-corrected chi connectivity index (χ0v) is 30.9. The van der Waals surface area contributed by atoms with Crippen LogP contribution in [-0.2, 0) is 19.4 Å². The Morgan fingerprint density at radius 3 is 1.47 bits per heavy atom. The molecule has 0 amide bonds. The molecule has 5 aromatic rings. The average molecular weight is 653 g/mol. The molecule has 0 saturated heterocycles. The number of rotatable bonds is 4. The molecule has 2 heterocycles. The number of aromatic amines is 1. The molecule has 2 aliphatic rings. The summed E-state index contributed by atoms with van der Waals surface area (Å²) in [5.74, 6) is 0. The molecular weight excluding hydrogens is 597 g/mol. The summed E-state index contributed by atoms with van der Waals surface area (Å²) in [6.45, 7) is 27.5. The van der Waals surface area contributed by atoms with Crippen molar-refractivity contribution in [2.75, 3.05) is 11.9 Å². The van der Waals surface area contributed by atoms with Crippen molar-refractivity contribution < 1.29 is 0 Å². The van der Waals surface area contributed by atoms with Crippen molar-refractivity contribution in [2.45, 2.75) is 67.3 Å². The van der Waals surface area contributed by atoms with Crippen molar-refractivity contribution in [1.82, 2.24) is 15.4 Å².